The summed E-state index contributed by atoms with van der Waals surface area (Å²) < 4.78 is 4.75. The molecule has 0 fully saturated rings. The number of halogens is 1. The Kier molecular flexibility index (Phi) is 4.72. The van der Waals surface area contributed by atoms with Crippen LogP contribution in [-0.4, -0.2) is 22.5 Å². The smallest absolute Gasteiger partial charge is 0.309 e. The molecule has 0 saturated carbocycles. The molecule has 1 aromatic rings. The van der Waals surface area contributed by atoms with Crippen LogP contribution in [0.15, 0.2) is 12.3 Å². The van der Waals surface area contributed by atoms with Crippen LogP contribution in [0.25, 0.3) is 6.08 Å². The number of ether oxygens (including phenoxy) is 1. The number of nitrogens with zero attached hydrogens (tertiary/aromatic N) is 2. The Balaban J connectivity index is 2.59. The van der Waals surface area contributed by atoms with Gasteiger partial charge in [0, 0.05) is 0 Å². The second-order valence-corrected chi connectivity index (χ2v) is 3.26. The summed E-state index contributed by atoms with van der Waals surface area (Å²) in [6.45, 7) is 2.12. The first-order valence-electron chi connectivity index (χ1n) is 4.73. The van der Waals surface area contributed by atoms with Gasteiger partial charge in [-0.25, -0.2) is 9.97 Å². The maximum atomic E-state index is 11.0. The third-order valence-electron chi connectivity index (χ3n) is 1.67. The van der Waals surface area contributed by atoms with Gasteiger partial charge in [-0.05, 0) is 13.0 Å². The number of hydrogen-bond donors (Lipinski definition) is 1. The van der Waals surface area contributed by atoms with Gasteiger partial charge < -0.3 is 10.5 Å². The van der Waals surface area contributed by atoms with Crippen LogP contribution in [0.3, 0.4) is 0 Å². The molecule has 0 amide bonds. The van der Waals surface area contributed by atoms with Crippen LogP contribution in [0.1, 0.15) is 19.0 Å². The highest BCUT2D eigenvalue weighted by atomic mass is 35.5. The molecule has 0 atom stereocenters. The standard InChI is InChI=1S/C10H12ClN3O2/c1-2-16-9(15)5-3-4-7-10(12)14-8(11)6-13-7/h3-4,6H,2,5H2,1H3,(H2,12,14). The van der Waals surface area contributed by atoms with E-state index in [9.17, 15) is 4.79 Å². The second-order valence-electron chi connectivity index (χ2n) is 2.87. The third-order valence-corrected chi connectivity index (χ3v) is 1.85. The lowest BCUT2D eigenvalue weighted by atomic mass is 10.3. The van der Waals surface area contributed by atoms with Gasteiger partial charge in [-0.1, -0.05) is 17.7 Å². The first-order chi connectivity index (χ1) is 7.63. The van der Waals surface area contributed by atoms with Crippen molar-refractivity contribution in [3.05, 3.63) is 23.1 Å². The van der Waals surface area contributed by atoms with Gasteiger partial charge in [0.25, 0.3) is 0 Å². The van der Waals surface area contributed by atoms with Crippen molar-refractivity contribution in [3.8, 4) is 0 Å². The molecule has 0 radical (unpaired) electrons. The van der Waals surface area contributed by atoms with Gasteiger partial charge in [-0.2, -0.15) is 0 Å². The lowest BCUT2D eigenvalue weighted by Crippen LogP contribution is -2.01. The van der Waals surface area contributed by atoms with Crippen LogP contribution in [0.4, 0.5) is 5.82 Å². The Morgan fingerprint density at radius 2 is 2.44 bits per heavy atom. The molecule has 0 aliphatic heterocycles. The first kappa shape index (κ1) is 12.4. The SMILES string of the molecule is CCOC(=O)CC=Cc1ncc(Cl)nc1N. The lowest BCUT2D eigenvalue weighted by molar-refractivity contribution is -0.142. The summed E-state index contributed by atoms with van der Waals surface area (Å²) in [6.07, 6.45) is 4.79. The van der Waals surface area contributed by atoms with Crippen molar-refractivity contribution in [1.29, 1.82) is 0 Å². The van der Waals surface area contributed by atoms with E-state index in [1.807, 2.05) is 0 Å². The largest absolute Gasteiger partial charge is 0.466 e. The first-order valence-corrected chi connectivity index (χ1v) is 5.11. The molecule has 0 aromatic carbocycles. The summed E-state index contributed by atoms with van der Waals surface area (Å²) in [6, 6.07) is 0. The highest BCUT2D eigenvalue weighted by Gasteiger charge is 2.00. The fourth-order valence-electron chi connectivity index (χ4n) is 1.01. The summed E-state index contributed by atoms with van der Waals surface area (Å²) in [7, 11) is 0. The number of aromatic nitrogens is 2. The molecule has 6 heteroatoms. The maximum Gasteiger partial charge on any atom is 0.309 e. The van der Waals surface area contributed by atoms with E-state index in [1.165, 1.54) is 6.20 Å². The summed E-state index contributed by atoms with van der Waals surface area (Å²) in [4.78, 5) is 18.8. The van der Waals surface area contributed by atoms with Crippen molar-refractivity contribution in [3.63, 3.8) is 0 Å². The second kappa shape index (κ2) is 6.07. The van der Waals surface area contributed by atoms with Crippen LogP contribution < -0.4 is 5.73 Å². The molecular formula is C10H12ClN3O2. The van der Waals surface area contributed by atoms with Crippen molar-refractivity contribution in [2.75, 3.05) is 12.3 Å². The fourth-order valence-corrected chi connectivity index (χ4v) is 1.15. The number of esters is 1. The Morgan fingerprint density at radius 3 is 3.06 bits per heavy atom. The van der Waals surface area contributed by atoms with Gasteiger partial charge in [-0.15, -0.1) is 0 Å². The summed E-state index contributed by atoms with van der Waals surface area (Å²) in [5.41, 5.74) is 6.05. The van der Waals surface area contributed by atoms with Gasteiger partial charge in [0.05, 0.1) is 19.2 Å². The van der Waals surface area contributed by atoms with E-state index in [1.54, 1.807) is 19.1 Å². The van der Waals surface area contributed by atoms with Gasteiger partial charge in [-0.3, -0.25) is 4.79 Å². The van der Waals surface area contributed by atoms with E-state index in [0.29, 0.717) is 12.3 Å². The van der Waals surface area contributed by atoms with Crippen molar-refractivity contribution in [1.82, 2.24) is 9.97 Å². The number of rotatable bonds is 4. The lowest BCUT2D eigenvalue weighted by Gasteiger charge is -1.99. The van der Waals surface area contributed by atoms with E-state index in [-0.39, 0.29) is 23.4 Å². The van der Waals surface area contributed by atoms with E-state index in [0.717, 1.165) is 0 Å². The number of nitrogen functional groups attached to an aromatic ring is 1. The molecule has 0 spiro atoms. The normalized spacial score (nSPS) is 10.6. The summed E-state index contributed by atoms with van der Waals surface area (Å²) in [5.74, 6) is -0.0631. The molecule has 86 valence electrons. The zero-order valence-electron chi connectivity index (χ0n) is 8.81. The Labute approximate surface area is 98.3 Å². The number of nitrogens with two attached hydrogens (primary N) is 1. The average molecular weight is 242 g/mol. The van der Waals surface area contributed by atoms with Crippen LogP contribution in [0.5, 0.6) is 0 Å². The van der Waals surface area contributed by atoms with E-state index < -0.39 is 0 Å². The van der Waals surface area contributed by atoms with Crippen LogP contribution in [0.2, 0.25) is 5.15 Å². The molecule has 0 unspecified atom stereocenters. The maximum absolute atomic E-state index is 11.0. The monoisotopic (exact) mass is 241 g/mol. The third kappa shape index (κ3) is 3.86. The number of hydrogen-bond acceptors (Lipinski definition) is 5. The molecule has 16 heavy (non-hydrogen) atoms. The minimum Gasteiger partial charge on any atom is -0.466 e. The van der Waals surface area contributed by atoms with Crippen molar-refractivity contribution >= 4 is 29.5 Å². The minimum absolute atomic E-state index is 0.178. The van der Waals surface area contributed by atoms with E-state index >= 15 is 0 Å². The highest BCUT2D eigenvalue weighted by molar-refractivity contribution is 6.29. The predicted octanol–water partition coefficient (Wildman–Crippen LogP) is 1.68. The van der Waals surface area contributed by atoms with E-state index in [4.69, 9.17) is 22.1 Å². The molecule has 5 nitrogen and oxygen atoms in total. The van der Waals surface area contributed by atoms with Crippen molar-refractivity contribution in [2.24, 2.45) is 0 Å². The topological polar surface area (TPSA) is 78.1 Å². The number of anilines is 1. The predicted molar refractivity (Wildman–Crippen MR) is 61.7 cm³/mol. The number of carbonyl (C=O) groups is 1. The van der Waals surface area contributed by atoms with Gasteiger partial charge in [0.2, 0.25) is 0 Å². The van der Waals surface area contributed by atoms with Gasteiger partial charge in [0.15, 0.2) is 5.82 Å². The molecule has 1 aromatic heterocycles. The zero-order valence-corrected chi connectivity index (χ0v) is 9.57. The zero-order chi connectivity index (χ0) is 12.0. The summed E-state index contributed by atoms with van der Waals surface area (Å²) in [5, 5.41) is 0.236. The van der Waals surface area contributed by atoms with Crippen molar-refractivity contribution in [2.45, 2.75) is 13.3 Å². The highest BCUT2D eigenvalue weighted by Crippen LogP contribution is 2.11. The fraction of sp³-hybridized carbons (Fsp3) is 0.300. The minimum atomic E-state index is -0.292. The van der Waals surface area contributed by atoms with Crippen molar-refractivity contribution < 1.29 is 9.53 Å². The molecular weight excluding hydrogens is 230 g/mol. The van der Waals surface area contributed by atoms with Crippen LogP contribution in [-0.2, 0) is 9.53 Å². The number of carbonyl (C=O) groups excluding carboxylic acids is 1. The quantitative estimate of drug-likeness (QED) is 0.812. The molecule has 1 heterocycles. The summed E-state index contributed by atoms with van der Waals surface area (Å²) >= 11 is 5.59. The Morgan fingerprint density at radius 1 is 1.69 bits per heavy atom. The molecule has 1 rings (SSSR count). The Hall–Kier alpha value is -1.62. The van der Waals surface area contributed by atoms with Crippen LogP contribution in [0, 0.1) is 0 Å². The average Bonchev–Trinajstić information content (AvgIpc) is 2.22. The molecule has 0 aliphatic carbocycles. The molecule has 0 saturated heterocycles. The molecule has 0 bridgehead atoms. The Bertz CT molecular complexity index is 407. The molecule has 0 aliphatic rings. The van der Waals surface area contributed by atoms with Crippen LogP contribution >= 0.6 is 11.6 Å². The van der Waals surface area contributed by atoms with Gasteiger partial charge >= 0.3 is 5.97 Å². The van der Waals surface area contributed by atoms with E-state index in [2.05, 4.69) is 9.97 Å². The van der Waals surface area contributed by atoms with Gasteiger partial charge in [0.1, 0.15) is 10.8 Å². The molecule has 2 N–H and O–H groups in total.